The van der Waals surface area contributed by atoms with Crippen LogP contribution >= 0.6 is 23.4 Å². The summed E-state index contributed by atoms with van der Waals surface area (Å²) in [5.41, 5.74) is 3.97. The molecule has 0 saturated heterocycles. The Labute approximate surface area is 173 Å². The van der Waals surface area contributed by atoms with Gasteiger partial charge in [0, 0.05) is 23.2 Å². The van der Waals surface area contributed by atoms with Gasteiger partial charge >= 0.3 is 0 Å². The molecule has 1 aliphatic rings. The number of benzene rings is 2. The van der Waals surface area contributed by atoms with Crippen LogP contribution in [0.2, 0.25) is 5.02 Å². The molecule has 7 heteroatoms. The molecule has 4 rings (SSSR count). The molecule has 0 fully saturated rings. The average Bonchev–Trinajstić information content (AvgIpc) is 2.85. The Bertz CT molecular complexity index is 1030. The predicted octanol–water partition coefficient (Wildman–Crippen LogP) is 4.74. The molecule has 1 N–H and O–H groups in total. The number of hydrogen-bond donors (Lipinski definition) is 1. The van der Waals surface area contributed by atoms with Crippen molar-refractivity contribution >= 4 is 35.1 Å². The fraction of sp³-hybridized carbons (Fsp3) is 0.238. The van der Waals surface area contributed by atoms with Gasteiger partial charge in [0.1, 0.15) is 18.2 Å². The lowest BCUT2D eigenvalue weighted by Crippen LogP contribution is -2.15. The quantitative estimate of drug-likeness (QED) is 0.671. The molecule has 0 radical (unpaired) electrons. The fourth-order valence-corrected chi connectivity index (χ4v) is 4.84. The maximum atomic E-state index is 12.2. The zero-order valence-electron chi connectivity index (χ0n) is 15.6. The number of nitrogens with one attached hydrogen (secondary N) is 1. The van der Waals surface area contributed by atoms with Crippen LogP contribution in [0.4, 0.5) is 5.82 Å². The lowest BCUT2D eigenvalue weighted by Gasteiger charge is -2.19. The van der Waals surface area contributed by atoms with Crippen LogP contribution in [0, 0.1) is 6.92 Å². The number of hydrogen-bond acceptors (Lipinski definition) is 4. The third-order valence-electron chi connectivity index (χ3n) is 4.65. The number of carbonyl (C=O) groups excluding carboxylic acids is 1. The van der Waals surface area contributed by atoms with Gasteiger partial charge in [0.15, 0.2) is 0 Å². The Kier molecular flexibility index (Phi) is 5.33. The summed E-state index contributed by atoms with van der Waals surface area (Å²) in [6.07, 6.45) is 0. The van der Waals surface area contributed by atoms with Crippen molar-refractivity contribution < 1.29 is 9.53 Å². The second-order valence-corrected chi connectivity index (χ2v) is 8.20. The van der Waals surface area contributed by atoms with Crippen LogP contribution in [0.25, 0.3) is 0 Å². The standard InChI is InChI=1S/C21H20ClN3O2S/c1-13-19-20(28-12-18(26)23-21(19)25(2)24-13)16-8-3-4-9-17(16)27-11-14-6-5-7-15(22)10-14/h3-10,20H,11-12H2,1-2H3,(H,23,26)/t20-/m0/s1. The zero-order valence-corrected chi connectivity index (χ0v) is 17.2. The molecule has 0 aliphatic carbocycles. The second-order valence-electron chi connectivity index (χ2n) is 6.67. The predicted molar refractivity (Wildman–Crippen MR) is 113 cm³/mol. The van der Waals surface area contributed by atoms with Crippen molar-refractivity contribution in [3.05, 3.63) is 75.9 Å². The van der Waals surface area contributed by atoms with E-state index in [0.717, 1.165) is 34.0 Å². The van der Waals surface area contributed by atoms with Crippen LogP contribution in [-0.2, 0) is 18.4 Å². The summed E-state index contributed by atoms with van der Waals surface area (Å²) in [4.78, 5) is 12.2. The maximum absolute atomic E-state index is 12.2. The Morgan fingerprint density at radius 1 is 1.29 bits per heavy atom. The Hall–Kier alpha value is -2.44. The van der Waals surface area contributed by atoms with Gasteiger partial charge in [-0.2, -0.15) is 5.10 Å². The van der Waals surface area contributed by atoms with Crippen molar-refractivity contribution in [2.75, 3.05) is 11.1 Å². The van der Waals surface area contributed by atoms with Gasteiger partial charge in [0.05, 0.1) is 16.7 Å². The molecule has 0 spiro atoms. The molecule has 0 saturated carbocycles. The van der Waals surface area contributed by atoms with Gasteiger partial charge in [-0.25, -0.2) is 0 Å². The number of ether oxygens (including phenoxy) is 1. The van der Waals surface area contributed by atoms with Crippen LogP contribution < -0.4 is 10.1 Å². The summed E-state index contributed by atoms with van der Waals surface area (Å²) in [6, 6.07) is 15.6. The Balaban J connectivity index is 1.69. The number of thioether (sulfide) groups is 1. The molecule has 2 aromatic carbocycles. The summed E-state index contributed by atoms with van der Waals surface area (Å²) < 4.78 is 7.89. The maximum Gasteiger partial charge on any atom is 0.235 e. The summed E-state index contributed by atoms with van der Waals surface area (Å²) >= 11 is 7.67. The first-order valence-corrected chi connectivity index (χ1v) is 10.4. The van der Waals surface area contributed by atoms with E-state index in [4.69, 9.17) is 16.3 Å². The van der Waals surface area contributed by atoms with Gasteiger partial charge in [-0.05, 0) is 30.7 Å². The molecule has 144 valence electrons. The third-order valence-corrected chi connectivity index (χ3v) is 6.14. The first kappa shape index (κ1) is 18.9. The molecule has 2 heterocycles. The number of carbonyl (C=O) groups is 1. The Morgan fingerprint density at radius 3 is 2.93 bits per heavy atom. The van der Waals surface area contributed by atoms with Crippen molar-refractivity contribution in [1.82, 2.24) is 9.78 Å². The zero-order chi connectivity index (χ0) is 19.7. The molecule has 5 nitrogen and oxygen atoms in total. The number of nitrogens with zero attached hydrogens (tertiary/aromatic N) is 2. The van der Waals surface area contributed by atoms with Gasteiger partial charge in [0.2, 0.25) is 5.91 Å². The topological polar surface area (TPSA) is 56.2 Å². The van der Waals surface area contributed by atoms with Gasteiger partial charge < -0.3 is 10.1 Å². The smallest absolute Gasteiger partial charge is 0.235 e. The number of halogens is 1. The fourth-order valence-electron chi connectivity index (χ4n) is 3.41. The average molecular weight is 414 g/mol. The van der Waals surface area contributed by atoms with E-state index in [1.165, 1.54) is 0 Å². The molecule has 1 aliphatic heterocycles. The highest BCUT2D eigenvalue weighted by Gasteiger charge is 2.31. The van der Waals surface area contributed by atoms with Crippen LogP contribution in [0.5, 0.6) is 5.75 Å². The first-order valence-electron chi connectivity index (χ1n) is 8.94. The molecular formula is C21H20ClN3O2S. The van der Waals surface area contributed by atoms with Crippen molar-refractivity contribution in [2.24, 2.45) is 7.05 Å². The van der Waals surface area contributed by atoms with E-state index in [9.17, 15) is 4.79 Å². The minimum Gasteiger partial charge on any atom is -0.489 e. The molecular weight excluding hydrogens is 394 g/mol. The van der Waals surface area contributed by atoms with Crippen molar-refractivity contribution in [3.8, 4) is 5.75 Å². The number of fused-ring (bicyclic) bond motifs is 1. The number of aromatic nitrogens is 2. The van der Waals surface area contributed by atoms with Crippen molar-refractivity contribution in [3.63, 3.8) is 0 Å². The number of aryl methyl sites for hydroxylation is 2. The molecule has 0 bridgehead atoms. The number of rotatable bonds is 4. The summed E-state index contributed by atoms with van der Waals surface area (Å²) in [5.74, 6) is 1.90. The van der Waals surface area contributed by atoms with Crippen LogP contribution in [0.15, 0.2) is 48.5 Å². The third kappa shape index (κ3) is 3.75. The number of para-hydroxylation sites is 1. The van der Waals surface area contributed by atoms with Crippen LogP contribution in [0.1, 0.15) is 27.6 Å². The highest BCUT2D eigenvalue weighted by molar-refractivity contribution is 8.00. The number of anilines is 1. The van der Waals surface area contributed by atoms with E-state index in [0.29, 0.717) is 17.4 Å². The van der Waals surface area contributed by atoms with E-state index in [-0.39, 0.29) is 11.2 Å². The van der Waals surface area contributed by atoms with Crippen molar-refractivity contribution in [2.45, 2.75) is 18.8 Å². The van der Waals surface area contributed by atoms with Crippen molar-refractivity contribution in [1.29, 1.82) is 0 Å². The Morgan fingerprint density at radius 2 is 2.11 bits per heavy atom. The SMILES string of the molecule is Cc1nn(C)c2c1[C@H](c1ccccc1OCc1cccc(Cl)c1)SCC(=O)N2. The van der Waals surface area contributed by atoms with Gasteiger partial charge in [-0.15, -0.1) is 11.8 Å². The van der Waals surface area contributed by atoms with Gasteiger partial charge in [-0.1, -0.05) is 41.9 Å². The van der Waals surface area contributed by atoms with Crippen LogP contribution in [0.3, 0.4) is 0 Å². The van der Waals surface area contributed by atoms with Gasteiger partial charge in [0.25, 0.3) is 0 Å². The summed E-state index contributed by atoms with van der Waals surface area (Å²) in [7, 11) is 1.85. The highest BCUT2D eigenvalue weighted by atomic mass is 35.5. The van der Waals surface area contributed by atoms with Crippen LogP contribution in [-0.4, -0.2) is 21.4 Å². The molecule has 28 heavy (non-hydrogen) atoms. The minimum absolute atomic E-state index is 0.0194. The van der Waals surface area contributed by atoms with E-state index in [2.05, 4.69) is 16.5 Å². The monoisotopic (exact) mass is 413 g/mol. The normalized spacial score (nSPS) is 16.2. The first-order chi connectivity index (χ1) is 13.5. The summed E-state index contributed by atoms with van der Waals surface area (Å²) in [6.45, 7) is 2.39. The molecule has 3 aromatic rings. The lowest BCUT2D eigenvalue weighted by atomic mass is 10.0. The summed E-state index contributed by atoms with van der Waals surface area (Å²) in [5, 5.41) is 8.14. The number of amides is 1. The van der Waals surface area contributed by atoms with Gasteiger partial charge in [-0.3, -0.25) is 9.48 Å². The van der Waals surface area contributed by atoms with E-state index in [1.807, 2.05) is 56.4 Å². The molecule has 1 atom stereocenters. The van der Waals surface area contributed by atoms with E-state index >= 15 is 0 Å². The van der Waals surface area contributed by atoms with E-state index < -0.39 is 0 Å². The largest absolute Gasteiger partial charge is 0.489 e. The molecule has 1 aromatic heterocycles. The highest BCUT2D eigenvalue weighted by Crippen LogP contribution is 2.45. The molecule has 0 unspecified atom stereocenters. The second kappa shape index (κ2) is 7.89. The minimum atomic E-state index is -0.0433. The van der Waals surface area contributed by atoms with E-state index in [1.54, 1.807) is 16.4 Å². The molecule has 1 amide bonds. The lowest BCUT2D eigenvalue weighted by molar-refractivity contribution is -0.113.